The van der Waals surface area contributed by atoms with Gasteiger partial charge in [-0.25, -0.2) is 0 Å². The van der Waals surface area contributed by atoms with Crippen LogP contribution >= 0.6 is 46.0 Å². The molecule has 10 heteroatoms. The molecule has 0 unspecified atom stereocenters. The number of nitrogens with zero attached hydrogens (tertiary/aromatic N) is 1. The zero-order chi connectivity index (χ0) is 27.2. The van der Waals surface area contributed by atoms with Gasteiger partial charge in [0, 0.05) is 10.7 Å². The molecule has 0 spiro atoms. The molecule has 3 aromatic rings. The van der Waals surface area contributed by atoms with E-state index in [2.05, 4.69) is 27.9 Å². The van der Waals surface area contributed by atoms with E-state index < -0.39 is 0 Å². The SMILES string of the molecule is CCOc1cc(/C=C2\SC(=O)N(Cc3ccc(Cl)cc3)C2=O)cc(I)c1OCC(=O)Nc1cccc(C)c1. The maximum Gasteiger partial charge on any atom is 0.293 e. The van der Waals surface area contributed by atoms with Gasteiger partial charge >= 0.3 is 0 Å². The molecule has 0 aromatic heterocycles. The lowest BCUT2D eigenvalue weighted by Gasteiger charge is -2.15. The lowest BCUT2D eigenvalue weighted by molar-refractivity contribution is -0.123. The maximum atomic E-state index is 13.0. The average molecular weight is 663 g/mol. The van der Waals surface area contributed by atoms with Crippen LogP contribution in [0.4, 0.5) is 10.5 Å². The van der Waals surface area contributed by atoms with Crippen LogP contribution < -0.4 is 14.8 Å². The van der Waals surface area contributed by atoms with Crippen LogP contribution in [0.2, 0.25) is 5.02 Å². The zero-order valence-corrected chi connectivity index (χ0v) is 24.4. The highest BCUT2D eigenvalue weighted by molar-refractivity contribution is 14.1. The van der Waals surface area contributed by atoms with Crippen LogP contribution in [-0.2, 0) is 16.1 Å². The molecular formula is C28H24ClIN2O5S. The molecule has 1 fully saturated rings. The summed E-state index contributed by atoms with van der Waals surface area (Å²) >= 11 is 8.92. The van der Waals surface area contributed by atoms with Crippen LogP contribution in [0.1, 0.15) is 23.6 Å². The van der Waals surface area contributed by atoms with Gasteiger partial charge in [0.15, 0.2) is 18.1 Å². The minimum absolute atomic E-state index is 0.165. The van der Waals surface area contributed by atoms with Gasteiger partial charge in [-0.3, -0.25) is 19.3 Å². The van der Waals surface area contributed by atoms with Crippen molar-refractivity contribution in [3.63, 3.8) is 0 Å². The van der Waals surface area contributed by atoms with Crippen LogP contribution in [0.5, 0.6) is 11.5 Å². The van der Waals surface area contributed by atoms with Gasteiger partial charge in [-0.15, -0.1) is 0 Å². The first-order valence-electron chi connectivity index (χ1n) is 11.7. The molecule has 0 bridgehead atoms. The first kappa shape index (κ1) is 28.0. The van der Waals surface area contributed by atoms with Crippen LogP contribution in [0.3, 0.4) is 0 Å². The van der Waals surface area contributed by atoms with Gasteiger partial charge in [0.25, 0.3) is 17.1 Å². The number of ether oxygens (including phenoxy) is 2. The molecule has 3 amide bonds. The summed E-state index contributed by atoms with van der Waals surface area (Å²) in [6.45, 7) is 4.13. The summed E-state index contributed by atoms with van der Waals surface area (Å²) in [5.41, 5.74) is 3.21. The molecule has 0 aliphatic carbocycles. The van der Waals surface area contributed by atoms with Crippen molar-refractivity contribution in [2.75, 3.05) is 18.5 Å². The lowest BCUT2D eigenvalue weighted by Crippen LogP contribution is -2.27. The second-order valence-corrected chi connectivity index (χ2v) is 11.0. The van der Waals surface area contributed by atoms with E-state index >= 15 is 0 Å². The number of hydrogen-bond acceptors (Lipinski definition) is 6. The molecule has 38 heavy (non-hydrogen) atoms. The number of aryl methyl sites for hydroxylation is 1. The Kier molecular flexibility index (Phi) is 9.35. The van der Waals surface area contributed by atoms with Crippen LogP contribution in [0, 0.1) is 10.5 Å². The molecule has 0 saturated carbocycles. The first-order chi connectivity index (χ1) is 18.2. The minimum atomic E-state index is -0.365. The molecule has 3 aromatic carbocycles. The van der Waals surface area contributed by atoms with Gasteiger partial charge < -0.3 is 14.8 Å². The van der Waals surface area contributed by atoms with E-state index in [1.807, 2.05) is 44.2 Å². The third-order valence-electron chi connectivity index (χ3n) is 5.41. The molecule has 1 aliphatic rings. The highest BCUT2D eigenvalue weighted by atomic mass is 127. The third-order valence-corrected chi connectivity index (χ3v) is 7.37. The Labute approximate surface area is 243 Å². The topological polar surface area (TPSA) is 84.9 Å². The number of carbonyl (C=O) groups is 3. The van der Waals surface area contributed by atoms with Gasteiger partial charge in [0.1, 0.15) is 0 Å². The highest BCUT2D eigenvalue weighted by Crippen LogP contribution is 2.38. The third kappa shape index (κ3) is 7.09. The minimum Gasteiger partial charge on any atom is -0.490 e. The van der Waals surface area contributed by atoms with E-state index in [9.17, 15) is 14.4 Å². The molecule has 0 radical (unpaired) electrons. The van der Waals surface area contributed by atoms with E-state index in [1.54, 1.807) is 36.4 Å². The number of nitrogens with one attached hydrogen (secondary N) is 1. The van der Waals surface area contributed by atoms with Crippen molar-refractivity contribution in [3.8, 4) is 11.5 Å². The van der Waals surface area contributed by atoms with Crippen molar-refractivity contribution < 1.29 is 23.9 Å². The highest BCUT2D eigenvalue weighted by Gasteiger charge is 2.35. The fourth-order valence-corrected chi connectivity index (χ4v) is 5.44. The largest absolute Gasteiger partial charge is 0.490 e. The van der Waals surface area contributed by atoms with Crippen molar-refractivity contribution in [2.24, 2.45) is 0 Å². The number of carbonyl (C=O) groups excluding carboxylic acids is 3. The summed E-state index contributed by atoms with van der Waals surface area (Å²) in [6, 6.07) is 18.1. The van der Waals surface area contributed by atoms with Gasteiger partial charge in [-0.2, -0.15) is 0 Å². The van der Waals surface area contributed by atoms with Crippen LogP contribution in [-0.4, -0.2) is 35.2 Å². The summed E-state index contributed by atoms with van der Waals surface area (Å²) in [4.78, 5) is 39.5. The molecule has 1 saturated heterocycles. The van der Waals surface area contributed by atoms with E-state index in [4.69, 9.17) is 21.1 Å². The van der Waals surface area contributed by atoms with Crippen LogP contribution in [0.15, 0.2) is 65.6 Å². The fourth-order valence-electron chi connectivity index (χ4n) is 3.69. The van der Waals surface area contributed by atoms with Gasteiger partial charge in [0.2, 0.25) is 0 Å². The van der Waals surface area contributed by atoms with E-state index in [1.165, 1.54) is 4.90 Å². The number of hydrogen-bond donors (Lipinski definition) is 1. The normalized spacial score (nSPS) is 14.2. The molecule has 0 atom stereocenters. The average Bonchev–Trinajstić information content (AvgIpc) is 3.12. The summed E-state index contributed by atoms with van der Waals surface area (Å²) in [7, 11) is 0. The number of thioether (sulfide) groups is 1. The summed E-state index contributed by atoms with van der Waals surface area (Å²) in [5, 5.41) is 3.06. The van der Waals surface area contributed by atoms with Crippen molar-refractivity contribution in [1.82, 2.24) is 4.90 Å². The van der Waals surface area contributed by atoms with Gasteiger partial charge in [0.05, 0.1) is 21.6 Å². The van der Waals surface area contributed by atoms with E-state index in [-0.39, 0.29) is 30.2 Å². The second kappa shape index (κ2) is 12.7. The Balaban J connectivity index is 1.48. The Hall–Kier alpha value is -3.02. The van der Waals surface area contributed by atoms with Gasteiger partial charge in [-0.05, 0) is 107 Å². The van der Waals surface area contributed by atoms with Crippen LogP contribution in [0.25, 0.3) is 6.08 Å². The zero-order valence-electron chi connectivity index (χ0n) is 20.6. The van der Waals surface area contributed by atoms with Crippen molar-refractivity contribution >= 4 is 74.8 Å². The van der Waals surface area contributed by atoms with E-state index in [0.29, 0.717) is 42.9 Å². The number of amides is 3. The Morgan fingerprint density at radius 2 is 1.87 bits per heavy atom. The number of benzene rings is 3. The summed E-state index contributed by atoms with van der Waals surface area (Å²) in [5.74, 6) is 0.206. The first-order valence-corrected chi connectivity index (χ1v) is 14.0. The number of halogens is 2. The number of rotatable bonds is 9. The number of imide groups is 1. The monoisotopic (exact) mass is 662 g/mol. The quantitative estimate of drug-likeness (QED) is 0.198. The molecule has 196 valence electrons. The Morgan fingerprint density at radius 3 is 2.58 bits per heavy atom. The molecular weight excluding hydrogens is 639 g/mol. The standard InChI is InChI=1S/C28H24ClIN2O5S/c1-3-36-23-13-19(12-22(30)26(23)37-16-25(33)31-21-6-4-5-17(2)11-21)14-24-27(34)32(28(35)38-24)15-18-7-9-20(29)10-8-18/h4-14H,3,15-16H2,1-2H3,(H,31,33)/b24-14-. The predicted molar refractivity (Wildman–Crippen MR) is 159 cm³/mol. The van der Waals surface area contributed by atoms with Crippen molar-refractivity contribution in [1.29, 1.82) is 0 Å². The molecule has 1 aliphatic heterocycles. The van der Waals surface area contributed by atoms with Crippen molar-refractivity contribution in [3.05, 3.63) is 90.9 Å². The summed E-state index contributed by atoms with van der Waals surface area (Å²) in [6.07, 6.45) is 1.66. The summed E-state index contributed by atoms with van der Waals surface area (Å²) < 4.78 is 12.3. The van der Waals surface area contributed by atoms with Crippen molar-refractivity contribution in [2.45, 2.75) is 20.4 Å². The Bertz CT molecular complexity index is 1410. The fraction of sp³-hybridized carbons (Fsp3) is 0.179. The molecule has 7 nitrogen and oxygen atoms in total. The second-order valence-electron chi connectivity index (χ2n) is 8.36. The Morgan fingerprint density at radius 1 is 1.11 bits per heavy atom. The van der Waals surface area contributed by atoms with E-state index in [0.717, 1.165) is 22.9 Å². The molecule has 1 N–H and O–H groups in total. The number of anilines is 1. The lowest BCUT2D eigenvalue weighted by atomic mass is 10.1. The van der Waals surface area contributed by atoms with Gasteiger partial charge in [-0.1, -0.05) is 35.9 Å². The maximum absolute atomic E-state index is 13.0. The predicted octanol–water partition coefficient (Wildman–Crippen LogP) is 6.91. The molecule has 4 rings (SSSR count). The molecule has 1 heterocycles. The smallest absolute Gasteiger partial charge is 0.293 e.